The van der Waals surface area contributed by atoms with Crippen molar-refractivity contribution in [3.63, 3.8) is 0 Å². The van der Waals surface area contributed by atoms with Gasteiger partial charge in [-0.05, 0) is 26.2 Å². The second kappa shape index (κ2) is 6.54. The minimum Gasteiger partial charge on any atom is -0.378 e. The summed E-state index contributed by atoms with van der Waals surface area (Å²) in [7, 11) is 0. The Hall–Kier alpha value is -1.36. The van der Waals surface area contributed by atoms with Crippen molar-refractivity contribution in [2.24, 2.45) is 0 Å². The molecule has 2 atom stereocenters. The van der Waals surface area contributed by atoms with Crippen molar-refractivity contribution in [2.45, 2.75) is 45.3 Å². The number of aromatic nitrogens is 2. The summed E-state index contributed by atoms with van der Waals surface area (Å²) in [5.74, 6) is 1.78. The highest BCUT2D eigenvalue weighted by Gasteiger charge is 2.19. The summed E-state index contributed by atoms with van der Waals surface area (Å²) < 4.78 is 5.54. The first-order valence-electron chi connectivity index (χ1n) is 6.72. The zero-order valence-corrected chi connectivity index (χ0v) is 11.1. The zero-order valence-electron chi connectivity index (χ0n) is 11.1. The number of nitrogens with one attached hydrogen (secondary N) is 2. The van der Waals surface area contributed by atoms with Gasteiger partial charge >= 0.3 is 0 Å². The maximum Gasteiger partial charge on any atom is 0.131 e. The van der Waals surface area contributed by atoms with Crippen molar-refractivity contribution >= 4 is 11.6 Å². The van der Waals surface area contributed by atoms with Crippen LogP contribution in [-0.2, 0) is 4.74 Å². The van der Waals surface area contributed by atoms with Crippen molar-refractivity contribution in [2.75, 3.05) is 23.8 Å². The molecule has 2 rings (SSSR count). The summed E-state index contributed by atoms with van der Waals surface area (Å²) in [6.07, 6.45) is 5.08. The van der Waals surface area contributed by atoms with Crippen LogP contribution in [0.4, 0.5) is 11.6 Å². The molecule has 0 saturated carbocycles. The first-order chi connectivity index (χ1) is 8.78. The van der Waals surface area contributed by atoms with Crippen LogP contribution in [0.15, 0.2) is 12.4 Å². The Morgan fingerprint density at radius 2 is 2.22 bits per heavy atom. The molecule has 18 heavy (non-hydrogen) atoms. The molecule has 1 fully saturated rings. The molecule has 0 aliphatic carbocycles. The maximum absolute atomic E-state index is 5.54. The Balaban J connectivity index is 1.91. The fraction of sp³-hybridized carbons (Fsp3) is 0.692. The fourth-order valence-corrected chi connectivity index (χ4v) is 2.12. The lowest BCUT2D eigenvalue weighted by atomic mass is 10.0. The minimum atomic E-state index is 0.329. The molecule has 2 unspecified atom stereocenters. The molecule has 2 heterocycles. The molecule has 1 aromatic heterocycles. The molecule has 1 aliphatic rings. The topological polar surface area (TPSA) is 59.1 Å². The standard InChI is InChI=1S/C13H22N4O/c1-3-5-14-12-8-13(16-9-15-12)17-11-4-6-18-10(2)7-11/h8-11H,3-7H2,1-2H3,(H2,14,15,16,17). The van der Waals surface area contributed by atoms with Crippen molar-refractivity contribution in [1.82, 2.24) is 9.97 Å². The van der Waals surface area contributed by atoms with Gasteiger partial charge in [0, 0.05) is 25.3 Å². The number of rotatable bonds is 5. The van der Waals surface area contributed by atoms with Crippen LogP contribution in [0.25, 0.3) is 0 Å². The average molecular weight is 250 g/mol. The van der Waals surface area contributed by atoms with Gasteiger partial charge in [-0.2, -0.15) is 0 Å². The molecule has 0 radical (unpaired) electrons. The number of anilines is 2. The van der Waals surface area contributed by atoms with Crippen molar-refractivity contribution in [3.8, 4) is 0 Å². The van der Waals surface area contributed by atoms with E-state index in [1.54, 1.807) is 6.33 Å². The van der Waals surface area contributed by atoms with Gasteiger partial charge < -0.3 is 15.4 Å². The molecule has 1 saturated heterocycles. The normalized spacial score (nSPS) is 23.7. The van der Waals surface area contributed by atoms with E-state index in [2.05, 4.69) is 34.4 Å². The van der Waals surface area contributed by atoms with Crippen LogP contribution in [0, 0.1) is 0 Å². The number of nitrogens with zero attached hydrogens (tertiary/aromatic N) is 2. The second-order valence-corrected chi connectivity index (χ2v) is 4.76. The lowest BCUT2D eigenvalue weighted by molar-refractivity contribution is 0.0232. The predicted octanol–water partition coefficient (Wildman–Crippen LogP) is 2.28. The van der Waals surface area contributed by atoms with Gasteiger partial charge in [0.2, 0.25) is 0 Å². The molecule has 5 nitrogen and oxygen atoms in total. The van der Waals surface area contributed by atoms with Crippen LogP contribution in [0.1, 0.15) is 33.1 Å². The molecule has 0 amide bonds. The Kier molecular flexibility index (Phi) is 4.75. The molecular formula is C13H22N4O. The quantitative estimate of drug-likeness (QED) is 0.839. The highest BCUT2D eigenvalue weighted by molar-refractivity contribution is 5.46. The molecular weight excluding hydrogens is 228 g/mol. The first kappa shape index (κ1) is 13.1. The van der Waals surface area contributed by atoms with Gasteiger partial charge in [-0.3, -0.25) is 0 Å². The Bertz CT molecular complexity index is 372. The summed E-state index contributed by atoms with van der Waals surface area (Å²) in [5, 5.41) is 6.72. The summed E-state index contributed by atoms with van der Waals surface area (Å²) in [4.78, 5) is 8.46. The summed E-state index contributed by atoms with van der Waals surface area (Å²) >= 11 is 0. The first-order valence-corrected chi connectivity index (χ1v) is 6.72. The maximum atomic E-state index is 5.54. The Morgan fingerprint density at radius 1 is 1.39 bits per heavy atom. The molecule has 1 aromatic rings. The highest BCUT2D eigenvalue weighted by Crippen LogP contribution is 2.18. The number of ether oxygens (including phenoxy) is 1. The molecule has 2 N–H and O–H groups in total. The van der Waals surface area contributed by atoms with Crippen LogP contribution in [0.3, 0.4) is 0 Å². The lowest BCUT2D eigenvalue weighted by Crippen LogP contribution is -2.32. The summed E-state index contributed by atoms with van der Waals surface area (Å²) in [5.41, 5.74) is 0. The monoisotopic (exact) mass is 250 g/mol. The van der Waals surface area contributed by atoms with E-state index in [4.69, 9.17) is 4.74 Å². The smallest absolute Gasteiger partial charge is 0.131 e. The van der Waals surface area contributed by atoms with E-state index in [0.717, 1.165) is 44.0 Å². The van der Waals surface area contributed by atoms with E-state index >= 15 is 0 Å². The molecule has 1 aliphatic heterocycles. The van der Waals surface area contributed by atoms with E-state index in [0.29, 0.717) is 12.1 Å². The van der Waals surface area contributed by atoms with Gasteiger partial charge in [0.25, 0.3) is 0 Å². The van der Waals surface area contributed by atoms with Gasteiger partial charge in [0.15, 0.2) is 0 Å². The third-order valence-electron chi connectivity index (χ3n) is 3.06. The van der Waals surface area contributed by atoms with E-state index < -0.39 is 0 Å². The van der Waals surface area contributed by atoms with Gasteiger partial charge in [-0.1, -0.05) is 6.92 Å². The highest BCUT2D eigenvalue weighted by atomic mass is 16.5. The molecule has 100 valence electrons. The van der Waals surface area contributed by atoms with Crippen LogP contribution in [0.5, 0.6) is 0 Å². The van der Waals surface area contributed by atoms with Gasteiger partial charge in [-0.25, -0.2) is 9.97 Å². The molecule has 5 heteroatoms. The molecule has 0 aromatic carbocycles. The third-order valence-corrected chi connectivity index (χ3v) is 3.06. The third kappa shape index (κ3) is 3.84. The summed E-state index contributed by atoms with van der Waals surface area (Å²) in [6, 6.07) is 2.41. The number of hydrogen-bond acceptors (Lipinski definition) is 5. The number of hydrogen-bond donors (Lipinski definition) is 2. The van der Waals surface area contributed by atoms with Crippen molar-refractivity contribution < 1.29 is 4.74 Å². The Morgan fingerprint density at radius 3 is 3.00 bits per heavy atom. The van der Waals surface area contributed by atoms with E-state index in [1.165, 1.54) is 0 Å². The average Bonchev–Trinajstić information content (AvgIpc) is 2.37. The fourth-order valence-electron chi connectivity index (χ4n) is 2.12. The largest absolute Gasteiger partial charge is 0.378 e. The van der Waals surface area contributed by atoms with Crippen LogP contribution < -0.4 is 10.6 Å². The SMILES string of the molecule is CCCNc1cc(NC2CCOC(C)C2)ncn1. The molecule has 0 spiro atoms. The molecule has 0 bridgehead atoms. The van der Waals surface area contributed by atoms with Crippen LogP contribution in [0.2, 0.25) is 0 Å². The van der Waals surface area contributed by atoms with Gasteiger partial charge in [0.1, 0.15) is 18.0 Å². The second-order valence-electron chi connectivity index (χ2n) is 4.76. The van der Waals surface area contributed by atoms with Crippen LogP contribution >= 0.6 is 0 Å². The zero-order chi connectivity index (χ0) is 12.8. The van der Waals surface area contributed by atoms with Crippen molar-refractivity contribution in [1.29, 1.82) is 0 Å². The minimum absolute atomic E-state index is 0.329. The van der Waals surface area contributed by atoms with E-state index in [1.807, 2.05) is 6.07 Å². The van der Waals surface area contributed by atoms with Gasteiger partial charge in [-0.15, -0.1) is 0 Å². The van der Waals surface area contributed by atoms with Crippen LogP contribution in [-0.4, -0.2) is 35.3 Å². The summed E-state index contributed by atoms with van der Waals surface area (Å²) in [6.45, 7) is 6.01. The Labute approximate surface area is 108 Å². The lowest BCUT2D eigenvalue weighted by Gasteiger charge is -2.28. The predicted molar refractivity (Wildman–Crippen MR) is 72.9 cm³/mol. The van der Waals surface area contributed by atoms with E-state index in [-0.39, 0.29) is 0 Å². The van der Waals surface area contributed by atoms with Crippen molar-refractivity contribution in [3.05, 3.63) is 12.4 Å². The van der Waals surface area contributed by atoms with E-state index in [9.17, 15) is 0 Å². The van der Waals surface area contributed by atoms with Gasteiger partial charge in [0.05, 0.1) is 6.10 Å².